The lowest BCUT2D eigenvalue weighted by Crippen LogP contribution is -2.20. The van der Waals surface area contributed by atoms with Crippen molar-refractivity contribution < 1.29 is 9.53 Å². The number of aromatic amines is 1. The average molecular weight is 232 g/mol. The molecule has 6 nitrogen and oxygen atoms in total. The van der Waals surface area contributed by atoms with E-state index < -0.39 is 5.97 Å². The molecule has 2 aromatic rings. The van der Waals surface area contributed by atoms with Gasteiger partial charge in [-0.25, -0.2) is 4.79 Å². The van der Waals surface area contributed by atoms with E-state index in [1.54, 1.807) is 18.2 Å². The number of carbonyl (C=O) groups is 1. The highest BCUT2D eigenvalue weighted by molar-refractivity contribution is 5.97. The third-order valence-electron chi connectivity index (χ3n) is 2.31. The maximum atomic E-state index is 11.3. The Balaban J connectivity index is 2.40. The molecule has 5 N–H and O–H groups in total. The smallest absolute Gasteiger partial charge is 0.354 e. The van der Waals surface area contributed by atoms with E-state index in [0.717, 1.165) is 10.9 Å². The molecule has 17 heavy (non-hydrogen) atoms. The molecule has 88 valence electrons. The molecule has 0 saturated heterocycles. The van der Waals surface area contributed by atoms with Gasteiger partial charge in [-0.05, 0) is 18.2 Å². The summed E-state index contributed by atoms with van der Waals surface area (Å²) in [6.07, 6.45) is 0. The zero-order chi connectivity index (χ0) is 12.4. The number of methoxy groups -OCH3 is 1. The number of H-pyrrole nitrogens is 1. The van der Waals surface area contributed by atoms with Gasteiger partial charge in [0.15, 0.2) is 5.96 Å². The van der Waals surface area contributed by atoms with Gasteiger partial charge in [-0.3, -0.25) is 5.41 Å². The van der Waals surface area contributed by atoms with Crippen molar-refractivity contribution in [3.63, 3.8) is 0 Å². The Bertz CT molecular complexity index is 588. The zero-order valence-corrected chi connectivity index (χ0v) is 9.20. The second kappa shape index (κ2) is 4.17. The minimum Gasteiger partial charge on any atom is -0.464 e. The lowest BCUT2D eigenvalue weighted by atomic mass is 10.2. The van der Waals surface area contributed by atoms with Gasteiger partial charge >= 0.3 is 5.97 Å². The Morgan fingerprint density at radius 1 is 1.47 bits per heavy atom. The molecule has 0 atom stereocenters. The largest absolute Gasteiger partial charge is 0.464 e. The molecule has 0 amide bonds. The van der Waals surface area contributed by atoms with Gasteiger partial charge in [0, 0.05) is 16.6 Å². The Morgan fingerprint density at radius 2 is 2.24 bits per heavy atom. The molecular formula is C11H12N4O2. The fourth-order valence-corrected chi connectivity index (χ4v) is 1.58. The number of guanidine groups is 1. The first-order valence-electron chi connectivity index (χ1n) is 4.92. The van der Waals surface area contributed by atoms with Crippen molar-refractivity contribution in [3.8, 4) is 0 Å². The molecule has 1 aromatic heterocycles. The number of hydrogen-bond donors (Lipinski definition) is 4. The molecule has 0 spiro atoms. The van der Waals surface area contributed by atoms with Gasteiger partial charge in [-0.2, -0.15) is 0 Å². The number of anilines is 1. The summed E-state index contributed by atoms with van der Waals surface area (Å²) in [5.74, 6) is -0.550. The summed E-state index contributed by atoms with van der Waals surface area (Å²) < 4.78 is 4.62. The summed E-state index contributed by atoms with van der Waals surface area (Å²) in [5.41, 5.74) is 7.08. The van der Waals surface area contributed by atoms with E-state index >= 15 is 0 Å². The molecule has 0 unspecified atom stereocenters. The molecule has 0 fully saturated rings. The highest BCUT2D eigenvalue weighted by atomic mass is 16.5. The number of esters is 1. The van der Waals surface area contributed by atoms with Crippen molar-refractivity contribution in [1.29, 1.82) is 5.41 Å². The first-order valence-corrected chi connectivity index (χ1v) is 4.92. The molecular weight excluding hydrogens is 220 g/mol. The van der Waals surface area contributed by atoms with Gasteiger partial charge in [0.2, 0.25) is 0 Å². The van der Waals surface area contributed by atoms with Crippen LogP contribution in [0.3, 0.4) is 0 Å². The fraction of sp³-hybridized carbons (Fsp3) is 0.0909. The summed E-state index contributed by atoms with van der Waals surface area (Å²) in [6, 6.07) is 7.07. The third-order valence-corrected chi connectivity index (χ3v) is 2.31. The topological polar surface area (TPSA) is 104 Å². The van der Waals surface area contributed by atoms with Crippen LogP contribution < -0.4 is 11.1 Å². The Morgan fingerprint density at radius 3 is 2.88 bits per heavy atom. The lowest BCUT2D eigenvalue weighted by Gasteiger charge is -2.02. The third kappa shape index (κ3) is 2.20. The van der Waals surface area contributed by atoms with Gasteiger partial charge < -0.3 is 20.8 Å². The van der Waals surface area contributed by atoms with Crippen LogP contribution in [0.5, 0.6) is 0 Å². The van der Waals surface area contributed by atoms with E-state index in [1.165, 1.54) is 7.11 Å². The molecule has 0 bridgehead atoms. The summed E-state index contributed by atoms with van der Waals surface area (Å²) in [5, 5.41) is 10.7. The molecule has 1 aromatic carbocycles. The van der Waals surface area contributed by atoms with Gasteiger partial charge in [0.25, 0.3) is 0 Å². The second-order valence-electron chi connectivity index (χ2n) is 3.52. The highest BCUT2D eigenvalue weighted by Crippen LogP contribution is 2.20. The number of nitrogens with one attached hydrogen (secondary N) is 3. The van der Waals surface area contributed by atoms with Crippen LogP contribution >= 0.6 is 0 Å². The molecule has 2 rings (SSSR count). The van der Waals surface area contributed by atoms with Crippen molar-refractivity contribution in [1.82, 2.24) is 4.98 Å². The normalized spacial score (nSPS) is 10.2. The van der Waals surface area contributed by atoms with Gasteiger partial charge in [0.1, 0.15) is 5.69 Å². The van der Waals surface area contributed by atoms with Crippen molar-refractivity contribution >= 4 is 28.5 Å². The van der Waals surface area contributed by atoms with Gasteiger partial charge in [-0.1, -0.05) is 6.07 Å². The summed E-state index contributed by atoms with van der Waals surface area (Å²) in [7, 11) is 1.33. The highest BCUT2D eigenvalue weighted by Gasteiger charge is 2.09. The van der Waals surface area contributed by atoms with E-state index in [0.29, 0.717) is 11.4 Å². The number of rotatable bonds is 2. The number of aromatic nitrogens is 1. The Labute approximate surface area is 97.3 Å². The van der Waals surface area contributed by atoms with Crippen LogP contribution in [0.2, 0.25) is 0 Å². The van der Waals surface area contributed by atoms with Crippen molar-refractivity contribution in [2.45, 2.75) is 0 Å². The molecule has 0 aliphatic rings. The molecule has 1 heterocycles. The van der Waals surface area contributed by atoms with Crippen LogP contribution in [-0.4, -0.2) is 24.0 Å². The predicted octanol–water partition coefficient (Wildman–Crippen LogP) is 1.26. The van der Waals surface area contributed by atoms with Gasteiger partial charge in [0.05, 0.1) is 7.11 Å². The van der Waals surface area contributed by atoms with E-state index in [2.05, 4.69) is 15.0 Å². The van der Waals surface area contributed by atoms with Crippen molar-refractivity contribution in [3.05, 3.63) is 30.0 Å². The van der Waals surface area contributed by atoms with Crippen LogP contribution in [0, 0.1) is 5.41 Å². The molecule has 0 aliphatic heterocycles. The number of nitrogens with two attached hydrogens (primary N) is 1. The zero-order valence-electron chi connectivity index (χ0n) is 9.20. The number of benzene rings is 1. The van der Waals surface area contributed by atoms with Crippen molar-refractivity contribution in [2.24, 2.45) is 5.73 Å². The molecule has 6 heteroatoms. The van der Waals surface area contributed by atoms with Crippen LogP contribution in [-0.2, 0) is 4.74 Å². The molecule has 0 saturated carbocycles. The second-order valence-corrected chi connectivity index (χ2v) is 3.52. The summed E-state index contributed by atoms with van der Waals surface area (Å²) >= 11 is 0. The first-order chi connectivity index (χ1) is 8.10. The van der Waals surface area contributed by atoms with E-state index in [1.807, 2.05) is 6.07 Å². The van der Waals surface area contributed by atoms with E-state index in [4.69, 9.17) is 11.1 Å². The minimum atomic E-state index is -0.415. The minimum absolute atomic E-state index is 0.135. The van der Waals surface area contributed by atoms with Crippen LogP contribution in [0.1, 0.15) is 10.5 Å². The SMILES string of the molecule is COC(=O)c1cc2ccc(NC(=N)N)cc2[nH]1. The quantitative estimate of drug-likeness (QED) is 0.355. The average Bonchev–Trinajstić information content (AvgIpc) is 2.70. The Hall–Kier alpha value is -2.50. The number of carbonyl (C=O) groups excluding carboxylic acids is 1. The van der Waals surface area contributed by atoms with Gasteiger partial charge in [-0.15, -0.1) is 0 Å². The number of hydrogen-bond acceptors (Lipinski definition) is 3. The standard InChI is InChI=1S/C11H12N4O2/c1-17-10(16)9-4-6-2-3-7(14-11(12)13)5-8(6)15-9/h2-5,15H,1H3,(H4,12,13,14). The van der Waals surface area contributed by atoms with Crippen LogP contribution in [0.4, 0.5) is 5.69 Å². The lowest BCUT2D eigenvalue weighted by molar-refractivity contribution is 0.0595. The molecule has 0 aliphatic carbocycles. The molecule has 0 radical (unpaired) electrons. The van der Waals surface area contributed by atoms with E-state index in [9.17, 15) is 4.79 Å². The van der Waals surface area contributed by atoms with Crippen LogP contribution in [0.15, 0.2) is 24.3 Å². The summed E-state index contributed by atoms with van der Waals surface area (Å²) in [6.45, 7) is 0. The first kappa shape index (κ1) is 11.0. The van der Waals surface area contributed by atoms with Crippen molar-refractivity contribution in [2.75, 3.05) is 12.4 Å². The van der Waals surface area contributed by atoms with E-state index in [-0.39, 0.29) is 5.96 Å². The number of ether oxygens (including phenoxy) is 1. The monoisotopic (exact) mass is 232 g/mol. The fourth-order valence-electron chi connectivity index (χ4n) is 1.58. The van der Waals surface area contributed by atoms with Crippen LogP contribution in [0.25, 0.3) is 10.9 Å². The maximum Gasteiger partial charge on any atom is 0.354 e. The summed E-state index contributed by atoms with van der Waals surface area (Å²) in [4.78, 5) is 14.3. The Kier molecular flexibility index (Phi) is 2.70. The predicted molar refractivity (Wildman–Crippen MR) is 65.2 cm³/mol. The maximum absolute atomic E-state index is 11.3. The number of fused-ring (bicyclic) bond motifs is 1.